The third-order valence-electron chi connectivity index (χ3n) is 10.7. The minimum absolute atomic E-state index is 0.0332. The number of hydrogen-bond acceptors (Lipinski definition) is 10. The molecular formula is C50H55FN4O10. The van der Waals surface area contributed by atoms with Gasteiger partial charge in [0.1, 0.15) is 17.2 Å². The SMILES string of the molecule is CCCn1cc(CCN(C)CCc2c(C(C)CC)oc3ccc(NC(=O)c4ccc(F)cc4)cc23)cn1.Cc1ccc(C(=O)OC(C(=O)O)C(OC(=O)c2ccc(C)cc2)C(=O)O)cc1. The maximum atomic E-state index is 13.2. The number of amides is 1. The Hall–Kier alpha value is -7.13. The maximum Gasteiger partial charge on any atom is 0.349 e. The van der Waals surface area contributed by atoms with Crippen LogP contribution >= 0.6 is 0 Å². The van der Waals surface area contributed by atoms with Gasteiger partial charge in [0.25, 0.3) is 5.91 Å². The van der Waals surface area contributed by atoms with Crippen molar-refractivity contribution in [3.05, 3.63) is 154 Å². The lowest BCUT2D eigenvalue weighted by atomic mass is 9.98. The summed E-state index contributed by atoms with van der Waals surface area (Å²) in [6.45, 7) is 12.9. The molecule has 3 N–H and O–H groups in total. The predicted octanol–water partition coefficient (Wildman–Crippen LogP) is 8.88. The second kappa shape index (κ2) is 23.0. The van der Waals surface area contributed by atoms with E-state index < -0.39 is 36.1 Å². The molecular weight excluding hydrogens is 836 g/mol. The smallest absolute Gasteiger partial charge is 0.349 e. The van der Waals surface area contributed by atoms with Crippen LogP contribution in [0.2, 0.25) is 0 Å². The van der Waals surface area contributed by atoms with Gasteiger partial charge in [0.2, 0.25) is 12.2 Å². The van der Waals surface area contributed by atoms with Crippen LogP contribution < -0.4 is 5.32 Å². The summed E-state index contributed by atoms with van der Waals surface area (Å²) in [5.74, 6) is -4.93. The lowest BCUT2D eigenvalue weighted by Gasteiger charge is -2.21. The fraction of sp³-hybridized carbons (Fsp3) is 0.320. The molecule has 0 fully saturated rings. The van der Waals surface area contributed by atoms with Crippen LogP contribution in [-0.2, 0) is 38.4 Å². The van der Waals surface area contributed by atoms with E-state index in [0.717, 1.165) is 73.2 Å². The minimum atomic E-state index is -2.22. The van der Waals surface area contributed by atoms with Crippen molar-refractivity contribution < 1.29 is 52.5 Å². The largest absolute Gasteiger partial charge is 0.478 e. The molecule has 0 spiro atoms. The zero-order chi connectivity index (χ0) is 47.2. The number of rotatable bonds is 19. The van der Waals surface area contributed by atoms with Gasteiger partial charge in [-0.1, -0.05) is 56.2 Å². The predicted molar refractivity (Wildman–Crippen MR) is 243 cm³/mol. The van der Waals surface area contributed by atoms with Gasteiger partial charge >= 0.3 is 23.9 Å². The van der Waals surface area contributed by atoms with Crippen LogP contribution in [-0.4, -0.2) is 87.0 Å². The number of anilines is 1. The van der Waals surface area contributed by atoms with Gasteiger partial charge in [-0.25, -0.2) is 23.6 Å². The number of aliphatic carboxylic acids is 2. The monoisotopic (exact) mass is 890 g/mol. The Morgan fingerprint density at radius 1 is 0.785 bits per heavy atom. The number of nitrogens with zero attached hydrogens (tertiary/aromatic N) is 3. The number of furan rings is 1. The highest BCUT2D eigenvalue weighted by atomic mass is 19.1. The summed E-state index contributed by atoms with van der Waals surface area (Å²) >= 11 is 0. The molecule has 14 nitrogen and oxygen atoms in total. The summed E-state index contributed by atoms with van der Waals surface area (Å²) in [6, 6.07) is 23.4. The van der Waals surface area contributed by atoms with Crippen LogP contribution in [0, 0.1) is 19.7 Å². The molecule has 3 atom stereocenters. The first-order chi connectivity index (χ1) is 31.1. The van der Waals surface area contributed by atoms with Crippen LogP contribution in [0.15, 0.2) is 108 Å². The molecule has 2 aromatic heterocycles. The minimum Gasteiger partial charge on any atom is -0.478 e. The Morgan fingerprint density at radius 2 is 1.32 bits per heavy atom. The van der Waals surface area contributed by atoms with Gasteiger partial charge < -0.3 is 34.3 Å². The quantitative estimate of drug-likeness (QED) is 0.0656. The van der Waals surface area contributed by atoms with E-state index in [0.29, 0.717) is 17.2 Å². The van der Waals surface area contributed by atoms with Crippen molar-refractivity contribution in [2.24, 2.45) is 0 Å². The number of carboxylic acids is 2. The van der Waals surface area contributed by atoms with E-state index in [1.807, 2.05) is 29.1 Å². The molecule has 6 rings (SSSR count). The summed E-state index contributed by atoms with van der Waals surface area (Å²) < 4.78 is 31.2. The lowest BCUT2D eigenvalue weighted by molar-refractivity contribution is -0.166. The molecule has 0 radical (unpaired) electrons. The van der Waals surface area contributed by atoms with Gasteiger partial charge in [-0.3, -0.25) is 9.48 Å². The van der Waals surface area contributed by atoms with E-state index in [4.69, 9.17) is 13.9 Å². The van der Waals surface area contributed by atoms with Crippen molar-refractivity contribution >= 4 is 46.4 Å². The van der Waals surface area contributed by atoms with Crippen molar-refractivity contribution in [3.8, 4) is 0 Å². The molecule has 3 unspecified atom stereocenters. The fourth-order valence-electron chi connectivity index (χ4n) is 6.74. The number of halogens is 1. The van der Waals surface area contributed by atoms with E-state index in [9.17, 15) is 38.6 Å². The number of carbonyl (C=O) groups is 5. The molecule has 6 aromatic rings. The highest BCUT2D eigenvalue weighted by molar-refractivity contribution is 6.05. The Labute approximate surface area is 377 Å². The van der Waals surface area contributed by atoms with E-state index in [-0.39, 0.29) is 22.9 Å². The zero-order valence-corrected chi connectivity index (χ0v) is 37.4. The summed E-state index contributed by atoms with van der Waals surface area (Å²) in [5.41, 5.74) is 6.19. The second-order valence-corrected chi connectivity index (χ2v) is 15.9. The topological polar surface area (TPSA) is 190 Å². The molecule has 2 heterocycles. The van der Waals surface area contributed by atoms with Gasteiger partial charge in [0, 0.05) is 53.9 Å². The van der Waals surface area contributed by atoms with Gasteiger partial charge in [-0.15, -0.1) is 0 Å². The Balaban J connectivity index is 0.000000254. The maximum absolute atomic E-state index is 13.2. The molecule has 15 heteroatoms. The van der Waals surface area contributed by atoms with Crippen LogP contribution in [0.5, 0.6) is 0 Å². The second-order valence-electron chi connectivity index (χ2n) is 15.9. The van der Waals surface area contributed by atoms with Crippen LogP contribution in [0.1, 0.15) is 98.6 Å². The molecule has 342 valence electrons. The van der Waals surface area contributed by atoms with Crippen molar-refractivity contribution in [2.75, 3.05) is 25.5 Å². The van der Waals surface area contributed by atoms with Gasteiger partial charge in [0.05, 0.1) is 17.3 Å². The molecule has 0 aliphatic rings. The number of carbonyl (C=O) groups excluding carboxylic acids is 3. The van der Waals surface area contributed by atoms with Crippen LogP contribution in [0.3, 0.4) is 0 Å². The van der Waals surface area contributed by atoms with E-state index >= 15 is 0 Å². The number of esters is 2. The molecule has 0 bridgehead atoms. The van der Waals surface area contributed by atoms with Crippen molar-refractivity contribution in [1.29, 1.82) is 0 Å². The molecule has 65 heavy (non-hydrogen) atoms. The molecule has 0 aliphatic carbocycles. The summed E-state index contributed by atoms with van der Waals surface area (Å²) in [7, 11) is 2.15. The van der Waals surface area contributed by atoms with E-state index in [1.165, 1.54) is 59.7 Å². The third-order valence-corrected chi connectivity index (χ3v) is 10.7. The number of fused-ring (bicyclic) bond motifs is 1. The first-order valence-corrected chi connectivity index (χ1v) is 21.4. The summed E-state index contributed by atoms with van der Waals surface area (Å²) in [5, 5.41) is 27.0. The van der Waals surface area contributed by atoms with Crippen LogP contribution in [0.25, 0.3) is 11.0 Å². The standard InChI is InChI=1S/C30H37FN4O2.C20H18O8/c1-5-15-35-20-22(19-32-35)13-16-34(4)17-14-26-27-18-25(11-12-28(27)37-29(26)21(3)6-2)33-30(36)23-7-9-24(31)10-8-23;1-11-3-7-13(8-4-11)19(25)27-15(17(21)22)16(18(23)24)28-20(26)14-9-5-12(2)6-10-14/h7-12,18-21H,5-6,13-17H2,1-4H3,(H,33,36);3-10,15-16H,1-2H3,(H,21,22)(H,23,24). The first kappa shape index (κ1) is 48.9. The van der Waals surface area contributed by atoms with Gasteiger partial charge in [-0.2, -0.15) is 5.10 Å². The molecule has 4 aromatic carbocycles. The fourth-order valence-corrected chi connectivity index (χ4v) is 6.74. The molecule has 1 amide bonds. The Kier molecular flexibility index (Phi) is 17.3. The molecule has 0 saturated carbocycles. The number of benzene rings is 4. The summed E-state index contributed by atoms with van der Waals surface area (Å²) in [4.78, 5) is 62.4. The number of aryl methyl sites for hydroxylation is 3. The summed E-state index contributed by atoms with van der Waals surface area (Å²) in [6.07, 6.45) is 3.55. The first-order valence-electron chi connectivity index (χ1n) is 21.4. The third kappa shape index (κ3) is 13.7. The zero-order valence-electron chi connectivity index (χ0n) is 37.4. The van der Waals surface area contributed by atoms with Gasteiger partial charge in [-0.05, 0) is 119 Å². The average Bonchev–Trinajstić information content (AvgIpc) is 3.90. The number of carboxylic acid groups (broad SMARTS) is 2. The van der Waals surface area contributed by atoms with Crippen LogP contribution in [0.4, 0.5) is 10.1 Å². The number of likely N-dealkylation sites (N-methyl/N-ethyl adjacent to an activating group) is 1. The Morgan fingerprint density at radius 3 is 1.85 bits per heavy atom. The average molecular weight is 891 g/mol. The number of ether oxygens (including phenoxy) is 2. The highest BCUT2D eigenvalue weighted by Gasteiger charge is 2.41. The Bertz CT molecular complexity index is 2490. The van der Waals surface area contributed by atoms with Gasteiger partial charge in [0.15, 0.2) is 0 Å². The van der Waals surface area contributed by atoms with Crippen molar-refractivity contribution in [3.63, 3.8) is 0 Å². The molecule has 0 aliphatic heterocycles. The van der Waals surface area contributed by atoms with E-state index in [1.54, 1.807) is 38.1 Å². The number of aromatic nitrogens is 2. The van der Waals surface area contributed by atoms with Crippen molar-refractivity contribution in [1.82, 2.24) is 14.7 Å². The van der Waals surface area contributed by atoms with E-state index in [2.05, 4.69) is 49.3 Å². The number of nitrogens with one attached hydrogen (secondary N) is 1. The van der Waals surface area contributed by atoms with Crippen molar-refractivity contribution in [2.45, 2.75) is 85.0 Å². The normalized spacial score (nSPS) is 12.4. The molecule has 0 saturated heterocycles. The lowest BCUT2D eigenvalue weighted by Crippen LogP contribution is -2.45. The highest BCUT2D eigenvalue weighted by Crippen LogP contribution is 2.35. The number of hydrogen-bond donors (Lipinski definition) is 3.